The van der Waals surface area contributed by atoms with Crippen LogP contribution in [0.4, 0.5) is 5.69 Å². The zero-order valence-electron chi connectivity index (χ0n) is 15.0. The van der Waals surface area contributed by atoms with Crippen LogP contribution < -0.4 is 5.43 Å². The molecule has 6 nitrogen and oxygen atoms in total. The second kappa shape index (κ2) is 7.83. The summed E-state index contributed by atoms with van der Waals surface area (Å²) in [7, 11) is 0. The first-order valence-electron chi connectivity index (χ1n) is 8.79. The lowest BCUT2D eigenvalue weighted by Gasteiger charge is -2.27. The number of amides is 2. The third-order valence-electron chi connectivity index (χ3n) is 4.69. The number of anilines is 1. The highest BCUT2D eigenvalue weighted by Crippen LogP contribution is 2.34. The number of hydrazone groups is 1. The molecule has 2 amide bonds. The van der Waals surface area contributed by atoms with Crippen LogP contribution in [0.3, 0.4) is 0 Å². The topological polar surface area (TPSA) is 82.0 Å². The van der Waals surface area contributed by atoms with E-state index in [2.05, 4.69) is 10.5 Å². The number of imide groups is 1. The fraction of sp³-hybridized carbons (Fsp3) is 0.0952. The van der Waals surface area contributed by atoms with Crippen molar-refractivity contribution >= 4 is 57.7 Å². The molecule has 0 unspecified atom stereocenters. The van der Waals surface area contributed by atoms with E-state index in [4.69, 9.17) is 23.2 Å². The Bertz CT molecular complexity index is 1130. The van der Waals surface area contributed by atoms with Crippen molar-refractivity contribution in [3.63, 3.8) is 0 Å². The average molecular weight is 428 g/mol. The molecule has 0 aromatic heterocycles. The molecule has 1 heterocycles. The number of benzene rings is 3. The zero-order valence-corrected chi connectivity index (χ0v) is 16.5. The number of hydrogen-bond donors (Lipinski definition) is 2. The van der Waals surface area contributed by atoms with Gasteiger partial charge in [-0.25, -0.2) is 0 Å². The van der Waals surface area contributed by atoms with E-state index >= 15 is 0 Å². The summed E-state index contributed by atoms with van der Waals surface area (Å²) in [5.74, 6) is -0.851. The maximum absolute atomic E-state index is 12.7. The predicted octanol–water partition coefficient (Wildman–Crippen LogP) is 4.18. The van der Waals surface area contributed by atoms with Gasteiger partial charge in [-0.15, -0.1) is 0 Å². The van der Waals surface area contributed by atoms with Crippen LogP contribution in [0.25, 0.3) is 10.8 Å². The normalized spacial score (nSPS) is 13.6. The molecule has 0 saturated heterocycles. The first-order chi connectivity index (χ1) is 14.0. The molecule has 3 aromatic rings. The summed E-state index contributed by atoms with van der Waals surface area (Å²) >= 11 is 12.3. The Morgan fingerprint density at radius 2 is 1.62 bits per heavy atom. The van der Waals surface area contributed by atoms with Crippen LogP contribution in [-0.4, -0.2) is 41.2 Å². The summed E-state index contributed by atoms with van der Waals surface area (Å²) in [6.45, 7) is -0.335. The molecule has 146 valence electrons. The van der Waals surface area contributed by atoms with Crippen LogP contribution >= 0.6 is 23.2 Å². The highest BCUT2D eigenvalue weighted by atomic mass is 35.5. The molecule has 1 aliphatic rings. The van der Waals surface area contributed by atoms with Crippen LogP contribution in [-0.2, 0) is 0 Å². The van der Waals surface area contributed by atoms with Gasteiger partial charge in [0.2, 0.25) is 0 Å². The van der Waals surface area contributed by atoms with E-state index in [1.807, 2.05) is 6.07 Å². The second-order valence-electron chi connectivity index (χ2n) is 6.38. The van der Waals surface area contributed by atoms with Gasteiger partial charge in [0, 0.05) is 27.5 Å². The smallest absolute Gasteiger partial charge is 0.261 e. The van der Waals surface area contributed by atoms with Crippen molar-refractivity contribution in [2.24, 2.45) is 5.10 Å². The molecule has 3 aromatic carbocycles. The summed E-state index contributed by atoms with van der Waals surface area (Å²) in [6.07, 6.45) is 1.51. The number of carbonyl (C=O) groups is 2. The summed E-state index contributed by atoms with van der Waals surface area (Å²) in [4.78, 5) is 26.5. The zero-order chi connectivity index (χ0) is 20.5. The van der Waals surface area contributed by atoms with E-state index in [9.17, 15) is 14.7 Å². The van der Waals surface area contributed by atoms with Crippen molar-refractivity contribution in [3.05, 3.63) is 75.3 Å². The predicted molar refractivity (Wildman–Crippen MR) is 114 cm³/mol. The lowest BCUT2D eigenvalue weighted by Crippen LogP contribution is -2.41. The van der Waals surface area contributed by atoms with Crippen LogP contribution in [0.15, 0.2) is 53.6 Å². The van der Waals surface area contributed by atoms with Gasteiger partial charge < -0.3 is 5.11 Å². The van der Waals surface area contributed by atoms with E-state index in [0.29, 0.717) is 43.2 Å². The molecule has 0 spiro atoms. The molecule has 0 radical (unpaired) electrons. The Morgan fingerprint density at radius 3 is 2.31 bits per heavy atom. The number of nitrogens with one attached hydrogen (secondary N) is 1. The molecule has 0 fully saturated rings. The van der Waals surface area contributed by atoms with Gasteiger partial charge in [0.1, 0.15) is 0 Å². The highest BCUT2D eigenvalue weighted by Gasteiger charge is 2.32. The lowest BCUT2D eigenvalue weighted by molar-refractivity contribution is 0.0580. The van der Waals surface area contributed by atoms with Gasteiger partial charge in [0.15, 0.2) is 0 Å². The first-order valence-corrected chi connectivity index (χ1v) is 9.54. The fourth-order valence-corrected chi connectivity index (χ4v) is 3.84. The fourth-order valence-electron chi connectivity index (χ4n) is 3.35. The van der Waals surface area contributed by atoms with Crippen molar-refractivity contribution in [3.8, 4) is 0 Å². The minimum absolute atomic E-state index is 0.0453. The number of nitrogens with zero attached hydrogens (tertiary/aromatic N) is 2. The average Bonchev–Trinajstić information content (AvgIpc) is 2.72. The van der Waals surface area contributed by atoms with Crippen molar-refractivity contribution in [2.75, 3.05) is 18.6 Å². The molecular weight excluding hydrogens is 413 g/mol. The molecule has 1 aliphatic heterocycles. The monoisotopic (exact) mass is 427 g/mol. The molecule has 0 bridgehead atoms. The van der Waals surface area contributed by atoms with E-state index in [-0.39, 0.29) is 13.2 Å². The number of halogens is 2. The van der Waals surface area contributed by atoms with E-state index < -0.39 is 11.8 Å². The standard InChI is InChI=1S/C21H15Cl2N3O3/c22-16-5-2-6-17(23)15(16)11-24-25-18-8-7-14-19-12(18)3-1-4-13(19)20(28)26(9-10-27)21(14)29/h1-8,11,25,27H,9-10H2/b24-11+. The maximum atomic E-state index is 12.7. The minimum atomic E-state index is -0.425. The van der Waals surface area contributed by atoms with Crippen LogP contribution in [0.5, 0.6) is 0 Å². The van der Waals surface area contributed by atoms with Gasteiger partial charge in [-0.1, -0.05) is 41.4 Å². The molecule has 2 N–H and O–H groups in total. The molecular formula is C21H15Cl2N3O3. The third-order valence-corrected chi connectivity index (χ3v) is 5.35. The summed E-state index contributed by atoms with van der Waals surface area (Å²) < 4.78 is 0. The lowest BCUT2D eigenvalue weighted by atomic mass is 9.93. The van der Waals surface area contributed by atoms with Gasteiger partial charge in [-0.3, -0.25) is 19.9 Å². The molecule has 0 aliphatic carbocycles. The molecule has 29 heavy (non-hydrogen) atoms. The second-order valence-corrected chi connectivity index (χ2v) is 7.19. The summed E-state index contributed by atoms with van der Waals surface area (Å²) in [6, 6.07) is 13.8. The quantitative estimate of drug-likeness (QED) is 0.363. The largest absolute Gasteiger partial charge is 0.395 e. The number of hydrogen-bond acceptors (Lipinski definition) is 5. The van der Waals surface area contributed by atoms with Crippen molar-refractivity contribution in [1.82, 2.24) is 4.90 Å². The van der Waals surface area contributed by atoms with E-state index in [0.717, 1.165) is 4.90 Å². The Hall–Kier alpha value is -2.93. The number of aliphatic hydroxyl groups is 1. The van der Waals surface area contributed by atoms with Gasteiger partial charge in [-0.05, 0) is 30.3 Å². The van der Waals surface area contributed by atoms with Crippen molar-refractivity contribution in [1.29, 1.82) is 0 Å². The van der Waals surface area contributed by atoms with Gasteiger partial charge >= 0.3 is 0 Å². The van der Waals surface area contributed by atoms with Crippen LogP contribution in [0.1, 0.15) is 26.3 Å². The Morgan fingerprint density at radius 1 is 0.966 bits per heavy atom. The Kier molecular flexibility index (Phi) is 5.24. The van der Waals surface area contributed by atoms with Gasteiger partial charge in [0.05, 0.1) is 35.1 Å². The SMILES string of the molecule is O=C1c2cccc3c(N/N=C/c4c(Cl)cccc4Cl)ccc(c23)C(=O)N1CCO. The Labute approximate surface area is 176 Å². The van der Waals surface area contributed by atoms with Crippen molar-refractivity contribution < 1.29 is 14.7 Å². The number of rotatable bonds is 5. The number of aliphatic hydroxyl groups excluding tert-OH is 1. The molecule has 0 saturated carbocycles. The third kappa shape index (κ3) is 3.35. The summed E-state index contributed by atoms with van der Waals surface area (Å²) in [5, 5.41) is 15.6. The van der Waals surface area contributed by atoms with Gasteiger partial charge in [-0.2, -0.15) is 5.10 Å². The van der Waals surface area contributed by atoms with Gasteiger partial charge in [0.25, 0.3) is 11.8 Å². The van der Waals surface area contributed by atoms with Crippen LogP contribution in [0, 0.1) is 0 Å². The minimum Gasteiger partial charge on any atom is -0.395 e. The molecule has 4 rings (SSSR count). The number of β-amino-alcohol motifs (C(OH)–C–C–N with tert-alkyl or cyclic N) is 1. The van der Waals surface area contributed by atoms with Crippen LogP contribution in [0.2, 0.25) is 10.0 Å². The van der Waals surface area contributed by atoms with Crippen molar-refractivity contribution in [2.45, 2.75) is 0 Å². The highest BCUT2D eigenvalue weighted by molar-refractivity contribution is 6.38. The molecule has 8 heteroatoms. The maximum Gasteiger partial charge on any atom is 0.261 e. The first kappa shape index (κ1) is 19.4. The summed E-state index contributed by atoms with van der Waals surface area (Å²) in [5.41, 5.74) is 4.96. The van der Waals surface area contributed by atoms with E-state index in [1.165, 1.54) is 6.21 Å². The molecule has 0 atom stereocenters. The van der Waals surface area contributed by atoms with E-state index in [1.54, 1.807) is 42.5 Å². The number of carbonyl (C=O) groups excluding carboxylic acids is 2. The Balaban J connectivity index is 1.74.